The Morgan fingerprint density at radius 3 is 2.67 bits per heavy atom. The molecule has 1 aliphatic carbocycles. The van der Waals surface area contributed by atoms with Crippen LogP contribution in [0.4, 0.5) is 0 Å². The number of hydrogen-bond donors (Lipinski definition) is 1. The molecule has 0 bridgehead atoms. The van der Waals surface area contributed by atoms with E-state index in [0.717, 1.165) is 30.6 Å². The number of carbonyl (C=O) groups is 1. The lowest BCUT2D eigenvalue weighted by Gasteiger charge is -2.24. The molecule has 1 aliphatic rings. The first-order chi connectivity index (χ1) is 8.70. The van der Waals surface area contributed by atoms with Crippen molar-refractivity contribution < 1.29 is 14.6 Å². The van der Waals surface area contributed by atoms with Crippen molar-refractivity contribution in [2.45, 2.75) is 51.6 Å². The summed E-state index contributed by atoms with van der Waals surface area (Å²) >= 11 is 0. The summed E-state index contributed by atoms with van der Waals surface area (Å²) in [6, 6.07) is 5.17. The average Bonchev–Trinajstić information content (AvgIpc) is 2.39. The normalized spacial score (nSPS) is 16.5. The van der Waals surface area contributed by atoms with Gasteiger partial charge in [0.25, 0.3) is 0 Å². The minimum atomic E-state index is -0.897. The standard InChI is InChI=1S/C15H20O3/c1-2-11-8-9-12(15(16)17)10-14(11)18-13-6-4-3-5-7-13/h8-10,13H,2-7H2,1H3,(H,16,17). The number of aromatic carboxylic acids is 1. The van der Waals surface area contributed by atoms with E-state index in [2.05, 4.69) is 6.92 Å². The predicted octanol–water partition coefficient (Wildman–Crippen LogP) is 3.66. The number of hydrogen-bond acceptors (Lipinski definition) is 2. The van der Waals surface area contributed by atoms with Gasteiger partial charge in [0.05, 0.1) is 11.7 Å². The van der Waals surface area contributed by atoms with E-state index in [9.17, 15) is 4.79 Å². The Kier molecular flexibility index (Phi) is 4.24. The van der Waals surface area contributed by atoms with Crippen LogP contribution in [-0.4, -0.2) is 17.2 Å². The smallest absolute Gasteiger partial charge is 0.335 e. The van der Waals surface area contributed by atoms with Crippen LogP contribution in [0.5, 0.6) is 5.75 Å². The van der Waals surface area contributed by atoms with Gasteiger partial charge in [-0.2, -0.15) is 0 Å². The topological polar surface area (TPSA) is 46.5 Å². The van der Waals surface area contributed by atoms with E-state index in [1.807, 2.05) is 6.07 Å². The van der Waals surface area contributed by atoms with Crippen molar-refractivity contribution in [3.8, 4) is 5.75 Å². The van der Waals surface area contributed by atoms with Crippen molar-refractivity contribution in [3.63, 3.8) is 0 Å². The molecule has 0 aliphatic heterocycles. The van der Waals surface area contributed by atoms with Crippen molar-refractivity contribution in [1.82, 2.24) is 0 Å². The van der Waals surface area contributed by atoms with Gasteiger partial charge in [0.1, 0.15) is 5.75 Å². The lowest BCUT2D eigenvalue weighted by Crippen LogP contribution is -2.20. The Morgan fingerprint density at radius 2 is 2.06 bits per heavy atom. The fourth-order valence-corrected chi connectivity index (χ4v) is 2.45. The minimum Gasteiger partial charge on any atom is -0.490 e. The van der Waals surface area contributed by atoms with E-state index in [4.69, 9.17) is 9.84 Å². The molecule has 0 saturated heterocycles. The average molecular weight is 248 g/mol. The third kappa shape index (κ3) is 3.03. The second kappa shape index (κ2) is 5.89. The molecule has 1 saturated carbocycles. The molecular formula is C15H20O3. The minimum absolute atomic E-state index is 0.257. The molecule has 1 fully saturated rings. The highest BCUT2D eigenvalue weighted by atomic mass is 16.5. The Labute approximate surface area is 108 Å². The first-order valence-corrected chi connectivity index (χ1v) is 6.73. The van der Waals surface area contributed by atoms with Crippen LogP contribution in [0.3, 0.4) is 0 Å². The monoisotopic (exact) mass is 248 g/mol. The first kappa shape index (κ1) is 12.9. The molecule has 18 heavy (non-hydrogen) atoms. The summed E-state index contributed by atoms with van der Waals surface area (Å²) in [7, 11) is 0. The molecule has 0 amide bonds. The zero-order valence-corrected chi connectivity index (χ0v) is 10.8. The second-order valence-electron chi connectivity index (χ2n) is 4.86. The maximum Gasteiger partial charge on any atom is 0.335 e. The fourth-order valence-electron chi connectivity index (χ4n) is 2.45. The van der Waals surface area contributed by atoms with E-state index in [-0.39, 0.29) is 6.10 Å². The fraction of sp³-hybridized carbons (Fsp3) is 0.533. The van der Waals surface area contributed by atoms with Gasteiger partial charge in [-0.3, -0.25) is 0 Å². The van der Waals surface area contributed by atoms with Gasteiger partial charge in [-0.15, -0.1) is 0 Å². The molecule has 0 heterocycles. The number of benzene rings is 1. The van der Waals surface area contributed by atoms with E-state index in [1.54, 1.807) is 12.1 Å². The third-order valence-electron chi connectivity index (χ3n) is 3.54. The molecule has 0 spiro atoms. The molecule has 0 aromatic heterocycles. The lowest BCUT2D eigenvalue weighted by atomic mass is 9.97. The van der Waals surface area contributed by atoms with Crippen molar-refractivity contribution in [3.05, 3.63) is 29.3 Å². The summed E-state index contributed by atoms with van der Waals surface area (Å²) in [5.74, 6) is -0.143. The summed E-state index contributed by atoms with van der Waals surface area (Å²) in [5, 5.41) is 9.02. The SMILES string of the molecule is CCc1ccc(C(=O)O)cc1OC1CCCCC1. The van der Waals surface area contributed by atoms with Crippen molar-refractivity contribution >= 4 is 5.97 Å². The molecule has 1 aromatic rings. The van der Waals surface area contributed by atoms with Crippen LogP contribution in [0.1, 0.15) is 54.9 Å². The van der Waals surface area contributed by atoms with Gasteiger partial charge in [-0.25, -0.2) is 4.79 Å². The van der Waals surface area contributed by atoms with Crippen LogP contribution < -0.4 is 4.74 Å². The third-order valence-corrected chi connectivity index (χ3v) is 3.54. The van der Waals surface area contributed by atoms with Gasteiger partial charge < -0.3 is 9.84 Å². The molecule has 0 atom stereocenters. The van der Waals surface area contributed by atoms with Crippen LogP contribution in [0.15, 0.2) is 18.2 Å². The van der Waals surface area contributed by atoms with E-state index in [1.165, 1.54) is 19.3 Å². The highest BCUT2D eigenvalue weighted by Crippen LogP contribution is 2.27. The maximum atomic E-state index is 11.0. The Morgan fingerprint density at radius 1 is 1.33 bits per heavy atom. The molecular weight excluding hydrogens is 228 g/mol. The number of carboxylic acids is 1. The Balaban J connectivity index is 2.17. The van der Waals surface area contributed by atoms with Gasteiger partial charge >= 0.3 is 5.97 Å². The number of carboxylic acid groups (broad SMARTS) is 1. The van der Waals surface area contributed by atoms with Crippen LogP contribution in [-0.2, 0) is 6.42 Å². The highest BCUT2D eigenvalue weighted by molar-refractivity contribution is 5.88. The van der Waals surface area contributed by atoms with Gasteiger partial charge in [-0.1, -0.05) is 19.4 Å². The van der Waals surface area contributed by atoms with E-state index in [0.29, 0.717) is 5.56 Å². The zero-order valence-electron chi connectivity index (χ0n) is 10.8. The van der Waals surface area contributed by atoms with Gasteiger partial charge in [-0.05, 0) is 49.8 Å². The summed E-state index contributed by atoms with van der Waals surface area (Å²) in [6.45, 7) is 2.06. The number of rotatable bonds is 4. The Hall–Kier alpha value is -1.51. The summed E-state index contributed by atoms with van der Waals surface area (Å²) in [6.07, 6.45) is 7.00. The van der Waals surface area contributed by atoms with Crippen molar-refractivity contribution in [2.75, 3.05) is 0 Å². The van der Waals surface area contributed by atoms with Crippen LogP contribution in [0, 0.1) is 0 Å². The van der Waals surface area contributed by atoms with Crippen molar-refractivity contribution in [2.24, 2.45) is 0 Å². The quantitative estimate of drug-likeness (QED) is 0.884. The van der Waals surface area contributed by atoms with E-state index >= 15 is 0 Å². The molecule has 0 unspecified atom stereocenters. The Bertz CT molecular complexity index is 420. The zero-order chi connectivity index (χ0) is 13.0. The van der Waals surface area contributed by atoms with Crippen LogP contribution >= 0.6 is 0 Å². The second-order valence-corrected chi connectivity index (χ2v) is 4.86. The molecule has 98 valence electrons. The van der Waals surface area contributed by atoms with E-state index < -0.39 is 5.97 Å². The van der Waals surface area contributed by atoms with Crippen LogP contribution in [0.2, 0.25) is 0 Å². The molecule has 1 N–H and O–H groups in total. The number of aryl methyl sites for hydroxylation is 1. The molecule has 3 nitrogen and oxygen atoms in total. The molecule has 1 aromatic carbocycles. The predicted molar refractivity (Wildman–Crippen MR) is 70.3 cm³/mol. The summed E-state index contributed by atoms with van der Waals surface area (Å²) in [5.41, 5.74) is 1.39. The largest absolute Gasteiger partial charge is 0.490 e. The van der Waals surface area contributed by atoms with Gasteiger partial charge in [0.15, 0.2) is 0 Å². The highest BCUT2D eigenvalue weighted by Gasteiger charge is 2.17. The maximum absolute atomic E-state index is 11.0. The van der Waals surface area contributed by atoms with Gasteiger partial charge in [0.2, 0.25) is 0 Å². The summed E-state index contributed by atoms with van der Waals surface area (Å²) in [4.78, 5) is 11.0. The molecule has 0 radical (unpaired) electrons. The first-order valence-electron chi connectivity index (χ1n) is 6.73. The van der Waals surface area contributed by atoms with Crippen molar-refractivity contribution in [1.29, 1.82) is 0 Å². The van der Waals surface area contributed by atoms with Crippen LogP contribution in [0.25, 0.3) is 0 Å². The number of ether oxygens (including phenoxy) is 1. The molecule has 3 heteroatoms. The summed E-state index contributed by atoms with van der Waals surface area (Å²) < 4.78 is 6.00. The van der Waals surface area contributed by atoms with Gasteiger partial charge in [0, 0.05) is 0 Å². The molecule has 2 rings (SSSR count). The lowest BCUT2D eigenvalue weighted by molar-refractivity contribution is 0.0695.